The number of hydrogen-bond acceptors (Lipinski definition) is 4. The molecule has 0 aromatic heterocycles. The van der Waals surface area contributed by atoms with E-state index in [4.69, 9.17) is 9.47 Å². The molecule has 4 nitrogen and oxygen atoms in total. The Labute approximate surface area is 123 Å². The molecule has 20 heavy (non-hydrogen) atoms. The molecule has 0 spiro atoms. The topological polar surface area (TPSA) is 47.6 Å². The smallest absolute Gasteiger partial charge is 0.325 e. The summed E-state index contributed by atoms with van der Waals surface area (Å²) in [6.07, 6.45) is 9.30. The molecule has 0 aromatic carbocycles. The highest BCUT2D eigenvalue weighted by Crippen LogP contribution is 2.19. The third kappa shape index (κ3) is 5.80. The SMILES string of the molecule is CCCCCCCC(C)(NCC1CCCO1)C(=O)OC. The van der Waals surface area contributed by atoms with E-state index in [9.17, 15) is 4.79 Å². The highest BCUT2D eigenvalue weighted by atomic mass is 16.5. The lowest BCUT2D eigenvalue weighted by atomic mass is 9.93. The minimum absolute atomic E-state index is 0.161. The zero-order valence-electron chi connectivity index (χ0n) is 13.4. The van der Waals surface area contributed by atoms with Crippen molar-refractivity contribution in [2.75, 3.05) is 20.3 Å². The van der Waals surface area contributed by atoms with E-state index in [0.717, 1.165) is 38.8 Å². The molecule has 2 atom stereocenters. The number of carbonyl (C=O) groups excluding carboxylic acids is 1. The van der Waals surface area contributed by atoms with Crippen LogP contribution in [-0.4, -0.2) is 37.9 Å². The van der Waals surface area contributed by atoms with Crippen LogP contribution in [0.2, 0.25) is 0 Å². The fraction of sp³-hybridized carbons (Fsp3) is 0.938. The van der Waals surface area contributed by atoms with E-state index in [1.165, 1.54) is 32.8 Å². The number of ether oxygens (including phenoxy) is 2. The first-order valence-electron chi connectivity index (χ1n) is 8.07. The fourth-order valence-electron chi connectivity index (χ4n) is 2.71. The van der Waals surface area contributed by atoms with Crippen molar-refractivity contribution in [1.82, 2.24) is 5.32 Å². The molecular formula is C16H31NO3. The normalized spacial score (nSPS) is 21.6. The maximum absolute atomic E-state index is 12.0. The van der Waals surface area contributed by atoms with Gasteiger partial charge in [-0.25, -0.2) is 0 Å². The van der Waals surface area contributed by atoms with Gasteiger partial charge in [0, 0.05) is 13.2 Å². The number of carbonyl (C=O) groups is 1. The summed E-state index contributed by atoms with van der Waals surface area (Å²) >= 11 is 0. The average Bonchev–Trinajstić information content (AvgIpc) is 2.97. The molecule has 0 radical (unpaired) electrons. The van der Waals surface area contributed by atoms with Gasteiger partial charge in [-0.2, -0.15) is 0 Å². The van der Waals surface area contributed by atoms with Gasteiger partial charge in [0.1, 0.15) is 5.54 Å². The predicted octanol–water partition coefficient (Wildman–Crippen LogP) is 3.05. The van der Waals surface area contributed by atoms with Gasteiger partial charge in [0.2, 0.25) is 0 Å². The second kappa shape index (κ2) is 9.35. The lowest BCUT2D eigenvalue weighted by Gasteiger charge is -2.29. The lowest BCUT2D eigenvalue weighted by Crippen LogP contribution is -2.52. The van der Waals surface area contributed by atoms with Crippen LogP contribution in [0.4, 0.5) is 0 Å². The summed E-state index contributed by atoms with van der Waals surface area (Å²) in [4.78, 5) is 12.0. The van der Waals surface area contributed by atoms with Crippen LogP contribution < -0.4 is 5.32 Å². The first-order valence-corrected chi connectivity index (χ1v) is 8.07. The average molecular weight is 285 g/mol. The molecular weight excluding hydrogens is 254 g/mol. The Morgan fingerprint density at radius 1 is 1.35 bits per heavy atom. The fourth-order valence-corrected chi connectivity index (χ4v) is 2.71. The van der Waals surface area contributed by atoms with Crippen molar-refractivity contribution < 1.29 is 14.3 Å². The van der Waals surface area contributed by atoms with Crippen LogP contribution in [0.1, 0.15) is 65.2 Å². The Hall–Kier alpha value is -0.610. The van der Waals surface area contributed by atoms with Crippen molar-refractivity contribution in [3.05, 3.63) is 0 Å². The Morgan fingerprint density at radius 3 is 2.70 bits per heavy atom. The monoisotopic (exact) mass is 285 g/mol. The van der Waals surface area contributed by atoms with Gasteiger partial charge in [0.25, 0.3) is 0 Å². The van der Waals surface area contributed by atoms with E-state index in [-0.39, 0.29) is 12.1 Å². The van der Waals surface area contributed by atoms with Crippen molar-refractivity contribution in [3.63, 3.8) is 0 Å². The van der Waals surface area contributed by atoms with Crippen molar-refractivity contribution in [2.45, 2.75) is 76.9 Å². The minimum atomic E-state index is -0.576. The molecule has 1 rings (SSSR count). The number of rotatable bonds is 10. The van der Waals surface area contributed by atoms with E-state index in [2.05, 4.69) is 12.2 Å². The number of esters is 1. The Bertz CT molecular complexity index is 277. The summed E-state index contributed by atoms with van der Waals surface area (Å²) in [6.45, 7) is 5.74. The maximum atomic E-state index is 12.0. The van der Waals surface area contributed by atoms with Crippen LogP contribution in [-0.2, 0) is 14.3 Å². The molecule has 1 aliphatic heterocycles. The van der Waals surface area contributed by atoms with E-state index >= 15 is 0 Å². The molecule has 1 saturated heterocycles. The maximum Gasteiger partial charge on any atom is 0.325 e. The summed E-state index contributed by atoms with van der Waals surface area (Å²) in [7, 11) is 1.46. The van der Waals surface area contributed by atoms with Crippen molar-refractivity contribution >= 4 is 5.97 Å². The predicted molar refractivity (Wildman–Crippen MR) is 80.8 cm³/mol. The highest BCUT2D eigenvalue weighted by molar-refractivity contribution is 5.80. The van der Waals surface area contributed by atoms with Gasteiger partial charge in [-0.1, -0.05) is 39.0 Å². The van der Waals surface area contributed by atoms with Crippen molar-refractivity contribution in [2.24, 2.45) is 0 Å². The summed E-state index contributed by atoms with van der Waals surface area (Å²) in [5.41, 5.74) is -0.576. The van der Waals surface area contributed by atoms with Gasteiger partial charge < -0.3 is 9.47 Å². The number of unbranched alkanes of at least 4 members (excludes halogenated alkanes) is 4. The molecule has 0 aliphatic carbocycles. The zero-order chi connectivity index (χ0) is 14.8. The molecule has 1 N–H and O–H groups in total. The zero-order valence-corrected chi connectivity index (χ0v) is 13.4. The summed E-state index contributed by atoms with van der Waals surface area (Å²) in [5.74, 6) is -0.161. The summed E-state index contributed by atoms with van der Waals surface area (Å²) in [6, 6.07) is 0. The van der Waals surface area contributed by atoms with Crippen LogP contribution in [0.25, 0.3) is 0 Å². The quantitative estimate of drug-likeness (QED) is 0.495. The minimum Gasteiger partial charge on any atom is -0.468 e. The molecule has 4 heteroatoms. The molecule has 0 saturated carbocycles. The molecule has 0 amide bonds. The van der Waals surface area contributed by atoms with E-state index < -0.39 is 5.54 Å². The van der Waals surface area contributed by atoms with Crippen LogP contribution in [0.5, 0.6) is 0 Å². The second-order valence-electron chi connectivity index (χ2n) is 6.00. The molecule has 1 aliphatic rings. The molecule has 118 valence electrons. The Morgan fingerprint density at radius 2 is 2.10 bits per heavy atom. The van der Waals surface area contributed by atoms with Crippen molar-refractivity contribution in [1.29, 1.82) is 0 Å². The van der Waals surface area contributed by atoms with Gasteiger partial charge in [-0.15, -0.1) is 0 Å². The molecule has 1 fully saturated rings. The Balaban J connectivity index is 2.36. The van der Waals surface area contributed by atoms with Gasteiger partial charge >= 0.3 is 5.97 Å². The summed E-state index contributed by atoms with van der Waals surface area (Å²) in [5, 5.41) is 3.38. The van der Waals surface area contributed by atoms with E-state index in [0.29, 0.717) is 0 Å². The third-order valence-corrected chi connectivity index (χ3v) is 4.16. The van der Waals surface area contributed by atoms with Crippen LogP contribution >= 0.6 is 0 Å². The van der Waals surface area contributed by atoms with Gasteiger partial charge in [0.05, 0.1) is 13.2 Å². The van der Waals surface area contributed by atoms with Crippen molar-refractivity contribution in [3.8, 4) is 0 Å². The lowest BCUT2D eigenvalue weighted by molar-refractivity contribution is -0.148. The van der Waals surface area contributed by atoms with Crippen LogP contribution in [0, 0.1) is 0 Å². The van der Waals surface area contributed by atoms with E-state index in [1.807, 2.05) is 6.92 Å². The third-order valence-electron chi connectivity index (χ3n) is 4.16. The number of methoxy groups -OCH3 is 1. The van der Waals surface area contributed by atoms with Crippen LogP contribution in [0.3, 0.4) is 0 Å². The standard InChI is InChI=1S/C16H31NO3/c1-4-5-6-7-8-11-16(2,15(18)19-3)17-13-14-10-9-12-20-14/h14,17H,4-13H2,1-3H3. The highest BCUT2D eigenvalue weighted by Gasteiger charge is 2.34. The molecule has 2 unspecified atom stereocenters. The second-order valence-corrected chi connectivity index (χ2v) is 6.00. The van der Waals surface area contributed by atoms with Crippen LogP contribution in [0.15, 0.2) is 0 Å². The van der Waals surface area contributed by atoms with E-state index in [1.54, 1.807) is 0 Å². The van der Waals surface area contributed by atoms with Gasteiger partial charge in [0.15, 0.2) is 0 Å². The molecule has 1 heterocycles. The number of hydrogen-bond donors (Lipinski definition) is 1. The summed E-state index contributed by atoms with van der Waals surface area (Å²) < 4.78 is 10.6. The number of nitrogens with one attached hydrogen (secondary N) is 1. The first-order chi connectivity index (χ1) is 9.62. The largest absolute Gasteiger partial charge is 0.468 e. The first kappa shape index (κ1) is 17.4. The van der Waals surface area contributed by atoms with Gasteiger partial charge in [-0.3, -0.25) is 10.1 Å². The molecule has 0 aromatic rings. The molecule has 0 bridgehead atoms. The Kier molecular flexibility index (Phi) is 8.15. The van der Waals surface area contributed by atoms with Gasteiger partial charge in [-0.05, 0) is 26.2 Å².